The summed E-state index contributed by atoms with van der Waals surface area (Å²) in [6.45, 7) is 2.48. The second kappa shape index (κ2) is 7.78. The second-order valence-electron chi connectivity index (χ2n) is 5.44. The minimum absolute atomic E-state index is 0.0372. The van der Waals surface area contributed by atoms with Crippen LogP contribution < -0.4 is 10.1 Å². The Balaban J connectivity index is 2.05. The van der Waals surface area contributed by atoms with Gasteiger partial charge in [-0.15, -0.1) is 0 Å². The summed E-state index contributed by atoms with van der Waals surface area (Å²) in [4.78, 5) is 4.05. The highest BCUT2D eigenvalue weighted by Crippen LogP contribution is 2.31. The monoisotopic (exact) mass is 350 g/mol. The number of aryl methyl sites for hydroxylation is 1. The number of ether oxygens (including phenoxy) is 1. The summed E-state index contributed by atoms with van der Waals surface area (Å²) in [5.74, 6) is -3.91. The normalized spacial score (nSPS) is 12.0. The molecule has 0 bridgehead atoms. The van der Waals surface area contributed by atoms with Crippen molar-refractivity contribution in [3.63, 3.8) is 0 Å². The smallest absolute Gasteiger partial charge is 0.273 e. The van der Waals surface area contributed by atoms with Gasteiger partial charge in [-0.2, -0.15) is 5.11 Å². The van der Waals surface area contributed by atoms with E-state index in [2.05, 4.69) is 15.4 Å². The number of anilines is 1. The molecule has 2 N–H and O–H groups in total. The van der Waals surface area contributed by atoms with Gasteiger partial charge in [0.05, 0.1) is 5.56 Å². The van der Waals surface area contributed by atoms with Gasteiger partial charge in [-0.25, -0.2) is 23.7 Å². The fourth-order valence-electron chi connectivity index (χ4n) is 1.91. The van der Waals surface area contributed by atoms with Crippen molar-refractivity contribution in [1.82, 2.24) is 4.98 Å². The fourth-order valence-corrected chi connectivity index (χ4v) is 1.91. The molecule has 1 heterocycles. The highest BCUT2D eigenvalue weighted by atomic mass is 19.3. The molecular formula is C17H17F3N4O. The van der Waals surface area contributed by atoms with Crippen LogP contribution in [0.15, 0.2) is 53.5 Å². The van der Waals surface area contributed by atoms with E-state index in [0.717, 1.165) is 17.7 Å². The Morgan fingerprint density at radius 1 is 1.36 bits per heavy atom. The van der Waals surface area contributed by atoms with Gasteiger partial charge in [0.15, 0.2) is 0 Å². The van der Waals surface area contributed by atoms with Crippen molar-refractivity contribution in [2.45, 2.75) is 19.8 Å². The Kier molecular flexibility index (Phi) is 5.74. The Morgan fingerprint density at radius 3 is 2.72 bits per heavy atom. The highest BCUT2D eigenvalue weighted by molar-refractivity contribution is 5.49. The third kappa shape index (κ3) is 5.30. The zero-order valence-corrected chi connectivity index (χ0v) is 13.7. The topological polar surface area (TPSA) is 70.4 Å². The lowest BCUT2D eigenvalue weighted by Crippen LogP contribution is -2.10. The van der Waals surface area contributed by atoms with E-state index < -0.39 is 17.3 Å². The molecular weight excluding hydrogens is 333 g/mol. The van der Waals surface area contributed by atoms with Crippen LogP contribution in [0.3, 0.4) is 0 Å². The predicted molar refractivity (Wildman–Crippen MR) is 87.3 cm³/mol. The lowest BCUT2D eigenvalue weighted by molar-refractivity contribution is 0.0138. The minimum Gasteiger partial charge on any atom is -0.471 e. The molecule has 25 heavy (non-hydrogen) atoms. The van der Waals surface area contributed by atoms with Gasteiger partial charge in [-0.1, -0.05) is 6.07 Å². The summed E-state index contributed by atoms with van der Waals surface area (Å²) in [5, 5.41) is 6.00. The van der Waals surface area contributed by atoms with Crippen LogP contribution in [0.1, 0.15) is 18.1 Å². The number of halogens is 3. The van der Waals surface area contributed by atoms with Crippen molar-refractivity contribution in [3.8, 4) is 5.88 Å². The summed E-state index contributed by atoms with van der Waals surface area (Å²) < 4.78 is 45.5. The molecule has 132 valence electrons. The first kappa shape index (κ1) is 18.4. The third-order valence-electron chi connectivity index (χ3n) is 3.24. The summed E-state index contributed by atoms with van der Waals surface area (Å²) in [5.41, 5.74) is 7.85. The maximum atomic E-state index is 13.5. The average Bonchev–Trinajstić information content (AvgIpc) is 2.57. The first-order valence-corrected chi connectivity index (χ1v) is 7.36. The quantitative estimate of drug-likeness (QED) is 0.690. The van der Waals surface area contributed by atoms with Crippen molar-refractivity contribution in [2.75, 3.05) is 11.9 Å². The van der Waals surface area contributed by atoms with Gasteiger partial charge in [-0.05, 0) is 30.7 Å². The molecule has 1 aromatic carbocycles. The molecule has 0 spiro atoms. The number of nitrogens with zero attached hydrogens (tertiary/aromatic N) is 2. The van der Waals surface area contributed by atoms with Crippen molar-refractivity contribution < 1.29 is 17.9 Å². The van der Waals surface area contributed by atoms with Gasteiger partial charge < -0.3 is 10.1 Å². The third-order valence-corrected chi connectivity index (χ3v) is 3.24. The molecule has 0 aliphatic heterocycles. The van der Waals surface area contributed by atoms with Crippen LogP contribution >= 0.6 is 0 Å². The molecule has 0 radical (unpaired) electrons. The average molecular weight is 350 g/mol. The molecule has 0 aliphatic carbocycles. The number of pyridine rings is 1. The van der Waals surface area contributed by atoms with Gasteiger partial charge in [0.25, 0.3) is 5.92 Å². The van der Waals surface area contributed by atoms with Gasteiger partial charge in [0.2, 0.25) is 5.88 Å². The van der Waals surface area contributed by atoms with Crippen LogP contribution in [-0.4, -0.2) is 11.6 Å². The summed E-state index contributed by atoms with van der Waals surface area (Å²) in [6, 6.07) is 6.78. The van der Waals surface area contributed by atoms with Crippen LogP contribution in [0.2, 0.25) is 0 Å². The zero-order chi connectivity index (χ0) is 18.4. The molecule has 0 unspecified atom stereocenters. The Bertz CT molecular complexity index is 770. The van der Waals surface area contributed by atoms with Crippen LogP contribution in [-0.2, 0) is 5.92 Å². The van der Waals surface area contributed by atoms with Crippen LogP contribution in [0.25, 0.3) is 0 Å². The molecule has 0 amide bonds. The summed E-state index contributed by atoms with van der Waals surface area (Å²) in [7, 11) is 0. The van der Waals surface area contributed by atoms with Crippen molar-refractivity contribution in [1.29, 1.82) is 5.53 Å². The number of nitrogens with one attached hydrogen (secondary N) is 2. The van der Waals surface area contributed by atoms with Gasteiger partial charge in [-0.3, -0.25) is 0 Å². The Morgan fingerprint density at radius 2 is 2.12 bits per heavy atom. The number of hydrogen-bond acceptors (Lipinski definition) is 5. The van der Waals surface area contributed by atoms with E-state index in [1.54, 1.807) is 12.3 Å². The van der Waals surface area contributed by atoms with E-state index in [-0.39, 0.29) is 18.0 Å². The number of benzene rings is 1. The zero-order valence-electron chi connectivity index (χ0n) is 13.7. The maximum Gasteiger partial charge on any atom is 0.273 e. The highest BCUT2D eigenvalue weighted by Gasteiger charge is 2.28. The van der Waals surface area contributed by atoms with Crippen molar-refractivity contribution in [3.05, 3.63) is 65.4 Å². The molecule has 0 saturated carbocycles. The van der Waals surface area contributed by atoms with Gasteiger partial charge in [0, 0.05) is 31.1 Å². The van der Waals surface area contributed by atoms with Crippen molar-refractivity contribution >= 4 is 5.69 Å². The molecule has 0 saturated heterocycles. The van der Waals surface area contributed by atoms with Crippen LogP contribution in [0.5, 0.6) is 5.88 Å². The number of alkyl halides is 2. The van der Waals surface area contributed by atoms with E-state index in [9.17, 15) is 13.2 Å². The minimum atomic E-state index is -3.30. The Hall–Kier alpha value is -2.90. The van der Waals surface area contributed by atoms with E-state index in [0.29, 0.717) is 12.8 Å². The Labute approximate surface area is 143 Å². The summed E-state index contributed by atoms with van der Waals surface area (Å²) >= 11 is 0. The fraction of sp³-hybridized carbons (Fsp3) is 0.235. The molecule has 0 atom stereocenters. The second-order valence-corrected chi connectivity index (χ2v) is 5.44. The van der Waals surface area contributed by atoms with Gasteiger partial charge in [0.1, 0.15) is 18.1 Å². The molecule has 2 rings (SSSR count). The van der Waals surface area contributed by atoms with Gasteiger partial charge >= 0.3 is 0 Å². The van der Waals surface area contributed by atoms with Crippen LogP contribution in [0, 0.1) is 18.3 Å². The lowest BCUT2D eigenvalue weighted by Gasteiger charge is -2.13. The number of hydrogen-bond donors (Lipinski definition) is 2. The molecule has 2 aromatic rings. The molecule has 0 aliphatic rings. The number of aromatic nitrogens is 1. The first-order chi connectivity index (χ1) is 11.8. The largest absolute Gasteiger partial charge is 0.471 e. The summed E-state index contributed by atoms with van der Waals surface area (Å²) in [6.07, 6.45) is 2.96. The van der Waals surface area contributed by atoms with E-state index in [1.807, 2.05) is 13.0 Å². The van der Waals surface area contributed by atoms with E-state index in [1.165, 1.54) is 12.3 Å². The van der Waals surface area contributed by atoms with Crippen molar-refractivity contribution in [2.24, 2.45) is 5.11 Å². The van der Waals surface area contributed by atoms with E-state index >= 15 is 0 Å². The number of rotatable bonds is 7. The SMILES string of the molecule is Cc1ccc(OC/C(=C/Nc2ccc(F)c(C(C)(F)F)c2)N=N)nc1. The predicted octanol–water partition coefficient (Wildman–Crippen LogP) is 5.00. The molecule has 0 fully saturated rings. The molecule has 5 nitrogen and oxygen atoms in total. The lowest BCUT2D eigenvalue weighted by atomic mass is 10.1. The standard InChI is InChI=1S/C17H17F3N4O/c1-11-3-6-16(23-8-11)25-10-13(24-21)9-22-12-4-5-15(18)14(7-12)17(2,19)20/h3-9,21-22H,10H2,1-2H3/b13-9-,24-21?. The molecule has 1 aromatic heterocycles. The first-order valence-electron chi connectivity index (χ1n) is 7.36. The van der Waals surface area contributed by atoms with E-state index in [4.69, 9.17) is 10.3 Å². The van der Waals surface area contributed by atoms with Crippen LogP contribution in [0.4, 0.5) is 18.9 Å². The molecule has 8 heteroatoms. The maximum absolute atomic E-state index is 13.5.